The van der Waals surface area contributed by atoms with Crippen molar-refractivity contribution in [3.05, 3.63) is 0 Å². The van der Waals surface area contributed by atoms with E-state index in [0.29, 0.717) is 0 Å². The molecule has 0 spiro atoms. The molecule has 1 fully saturated rings. The standard InChI is InChI=1S/C11H19N3O/c1-7(2)10(11(13)15)14-9-5-3-4-8(9)6-12/h7-10,14H,3-5H2,1-2H3,(H2,13,15). The van der Waals surface area contributed by atoms with E-state index in [1.165, 1.54) is 0 Å². The third kappa shape index (κ3) is 2.93. The van der Waals surface area contributed by atoms with Crippen LogP contribution in [0.25, 0.3) is 0 Å². The molecule has 0 aliphatic heterocycles. The molecule has 1 rings (SSSR count). The Balaban J connectivity index is 2.59. The minimum absolute atomic E-state index is 0.0330. The van der Waals surface area contributed by atoms with E-state index in [2.05, 4.69) is 11.4 Å². The average molecular weight is 209 g/mol. The van der Waals surface area contributed by atoms with Crippen molar-refractivity contribution in [2.24, 2.45) is 17.6 Å². The van der Waals surface area contributed by atoms with Gasteiger partial charge < -0.3 is 11.1 Å². The van der Waals surface area contributed by atoms with Gasteiger partial charge in [0.1, 0.15) is 0 Å². The summed E-state index contributed by atoms with van der Waals surface area (Å²) >= 11 is 0. The number of carbonyl (C=O) groups excluding carboxylic acids is 1. The van der Waals surface area contributed by atoms with Crippen LogP contribution in [0.5, 0.6) is 0 Å². The molecule has 15 heavy (non-hydrogen) atoms. The summed E-state index contributed by atoms with van der Waals surface area (Å²) in [5.74, 6) is -0.123. The van der Waals surface area contributed by atoms with Crippen LogP contribution < -0.4 is 11.1 Å². The Bertz CT molecular complexity index is 269. The fourth-order valence-electron chi connectivity index (χ4n) is 2.15. The smallest absolute Gasteiger partial charge is 0.234 e. The van der Waals surface area contributed by atoms with Crippen LogP contribution >= 0.6 is 0 Å². The predicted octanol–water partition coefficient (Wildman–Crippen LogP) is 0.778. The van der Waals surface area contributed by atoms with Gasteiger partial charge in [0.25, 0.3) is 0 Å². The van der Waals surface area contributed by atoms with Gasteiger partial charge in [-0.05, 0) is 18.8 Å². The third-order valence-electron chi connectivity index (χ3n) is 3.05. The first-order chi connectivity index (χ1) is 7.06. The number of nitriles is 1. The molecule has 0 heterocycles. The van der Waals surface area contributed by atoms with E-state index in [4.69, 9.17) is 11.0 Å². The second-order valence-corrected chi connectivity index (χ2v) is 4.56. The zero-order chi connectivity index (χ0) is 11.4. The van der Waals surface area contributed by atoms with Crippen molar-refractivity contribution in [1.82, 2.24) is 5.32 Å². The topological polar surface area (TPSA) is 78.9 Å². The van der Waals surface area contributed by atoms with Crippen molar-refractivity contribution in [1.29, 1.82) is 5.26 Å². The van der Waals surface area contributed by atoms with Gasteiger partial charge in [-0.15, -0.1) is 0 Å². The number of nitrogens with two attached hydrogens (primary N) is 1. The molecular formula is C11H19N3O. The van der Waals surface area contributed by atoms with Crippen LogP contribution in [0.4, 0.5) is 0 Å². The normalized spacial score (nSPS) is 27.6. The summed E-state index contributed by atoms with van der Waals surface area (Å²) < 4.78 is 0. The third-order valence-corrected chi connectivity index (χ3v) is 3.05. The van der Waals surface area contributed by atoms with Crippen LogP contribution in [-0.4, -0.2) is 18.0 Å². The molecule has 0 aromatic heterocycles. The molecule has 0 bridgehead atoms. The van der Waals surface area contributed by atoms with Gasteiger partial charge in [-0.1, -0.05) is 20.3 Å². The van der Waals surface area contributed by atoms with Gasteiger partial charge in [0.05, 0.1) is 18.0 Å². The summed E-state index contributed by atoms with van der Waals surface area (Å²) in [4.78, 5) is 11.2. The Morgan fingerprint density at radius 2 is 2.20 bits per heavy atom. The first-order valence-electron chi connectivity index (χ1n) is 5.51. The van der Waals surface area contributed by atoms with Gasteiger partial charge in [-0.3, -0.25) is 4.79 Å². The lowest BCUT2D eigenvalue weighted by atomic mass is 9.99. The van der Waals surface area contributed by atoms with E-state index in [0.717, 1.165) is 19.3 Å². The lowest BCUT2D eigenvalue weighted by Crippen LogP contribution is -2.50. The van der Waals surface area contributed by atoms with Crippen LogP contribution in [0.3, 0.4) is 0 Å². The highest BCUT2D eigenvalue weighted by Crippen LogP contribution is 2.25. The lowest BCUT2D eigenvalue weighted by molar-refractivity contribution is -0.121. The molecule has 1 aliphatic carbocycles. The molecule has 84 valence electrons. The minimum atomic E-state index is -0.325. The van der Waals surface area contributed by atoms with E-state index in [-0.39, 0.29) is 29.8 Å². The number of primary amides is 1. The van der Waals surface area contributed by atoms with Crippen LogP contribution in [0, 0.1) is 23.2 Å². The molecule has 1 aliphatic rings. The number of nitrogens with one attached hydrogen (secondary N) is 1. The quantitative estimate of drug-likeness (QED) is 0.718. The minimum Gasteiger partial charge on any atom is -0.368 e. The van der Waals surface area contributed by atoms with E-state index in [1.807, 2.05) is 13.8 Å². The number of amides is 1. The SMILES string of the molecule is CC(C)C(NC1CCCC1C#N)C(N)=O. The fourth-order valence-corrected chi connectivity index (χ4v) is 2.15. The summed E-state index contributed by atoms with van der Waals surface area (Å²) in [6.07, 6.45) is 2.95. The molecule has 4 nitrogen and oxygen atoms in total. The summed E-state index contributed by atoms with van der Waals surface area (Å²) in [6, 6.07) is 2.10. The fraction of sp³-hybridized carbons (Fsp3) is 0.818. The number of carbonyl (C=O) groups is 1. The molecule has 1 amide bonds. The van der Waals surface area contributed by atoms with Crippen molar-refractivity contribution in [2.45, 2.75) is 45.2 Å². The van der Waals surface area contributed by atoms with E-state index in [9.17, 15) is 4.79 Å². The zero-order valence-electron chi connectivity index (χ0n) is 9.36. The second-order valence-electron chi connectivity index (χ2n) is 4.56. The number of nitrogens with zero attached hydrogens (tertiary/aromatic N) is 1. The first kappa shape index (κ1) is 12.0. The zero-order valence-corrected chi connectivity index (χ0v) is 9.36. The van der Waals surface area contributed by atoms with E-state index >= 15 is 0 Å². The van der Waals surface area contributed by atoms with Gasteiger partial charge in [0.2, 0.25) is 5.91 Å². The summed E-state index contributed by atoms with van der Waals surface area (Å²) in [6.45, 7) is 3.91. The highest BCUT2D eigenvalue weighted by Gasteiger charge is 2.31. The average Bonchev–Trinajstić information content (AvgIpc) is 2.59. The molecular weight excluding hydrogens is 190 g/mol. The number of rotatable bonds is 4. The Morgan fingerprint density at radius 1 is 1.53 bits per heavy atom. The molecule has 0 radical (unpaired) electrons. The highest BCUT2D eigenvalue weighted by atomic mass is 16.1. The molecule has 4 heteroatoms. The van der Waals surface area contributed by atoms with Crippen molar-refractivity contribution < 1.29 is 4.79 Å². The first-order valence-corrected chi connectivity index (χ1v) is 5.51. The van der Waals surface area contributed by atoms with Gasteiger partial charge in [0, 0.05) is 6.04 Å². The summed E-state index contributed by atoms with van der Waals surface area (Å²) in [7, 11) is 0. The van der Waals surface area contributed by atoms with Crippen LogP contribution in [0.1, 0.15) is 33.1 Å². The molecule has 3 unspecified atom stereocenters. The molecule has 3 N–H and O–H groups in total. The molecule has 1 saturated carbocycles. The van der Waals surface area contributed by atoms with Crippen LogP contribution in [-0.2, 0) is 4.79 Å². The predicted molar refractivity (Wildman–Crippen MR) is 57.7 cm³/mol. The highest BCUT2D eigenvalue weighted by molar-refractivity contribution is 5.80. The Morgan fingerprint density at radius 3 is 2.67 bits per heavy atom. The maximum atomic E-state index is 11.2. The lowest BCUT2D eigenvalue weighted by Gasteiger charge is -2.24. The van der Waals surface area contributed by atoms with Crippen molar-refractivity contribution in [3.63, 3.8) is 0 Å². The Labute approximate surface area is 90.8 Å². The van der Waals surface area contributed by atoms with Gasteiger partial charge >= 0.3 is 0 Å². The van der Waals surface area contributed by atoms with Crippen LogP contribution in [0.15, 0.2) is 0 Å². The maximum absolute atomic E-state index is 11.2. The largest absolute Gasteiger partial charge is 0.368 e. The summed E-state index contributed by atoms with van der Waals surface area (Å²) in [5.41, 5.74) is 5.32. The molecule has 0 aromatic carbocycles. The number of hydrogen-bond acceptors (Lipinski definition) is 3. The van der Waals surface area contributed by atoms with Crippen LogP contribution in [0.2, 0.25) is 0 Å². The number of hydrogen-bond donors (Lipinski definition) is 2. The second kappa shape index (κ2) is 5.13. The van der Waals surface area contributed by atoms with Gasteiger partial charge in [-0.25, -0.2) is 0 Å². The maximum Gasteiger partial charge on any atom is 0.234 e. The molecule has 3 atom stereocenters. The monoisotopic (exact) mass is 209 g/mol. The molecule has 0 saturated heterocycles. The Kier molecular flexibility index (Phi) is 4.10. The van der Waals surface area contributed by atoms with Gasteiger partial charge in [0.15, 0.2) is 0 Å². The van der Waals surface area contributed by atoms with E-state index in [1.54, 1.807) is 0 Å². The van der Waals surface area contributed by atoms with E-state index < -0.39 is 0 Å². The van der Waals surface area contributed by atoms with Crippen molar-refractivity contribution in [2.75, 3.05) is 0 Å². The van der Waals surface area contributed by atoms with Crippen molar-refractivity contribution in [3.8, 4) is 6.07 Å². The Hall–Kier alpha value is -1.08. The van der Waals surface area contributed by atoms with Gasteiger partial charge in [-0.2, -0.15) is 5.26 Å². The molecule has 0 aromatic rings. The summed E-state index contributed by atoms with van der Waals surface area (Å²) in [5, 5.41) is 12.1. The van der Waals surface area contributed by atoms with Crippen molar-refractivity contribution >= 4 is 5.91 Å².